The van der Waals surface area contributed by atoms with Crippen molar-refractivity contribution in [2.75, 3.05) is 33.9 Å². The highest BCUT2D eigenvalue weighted by Gasteiger charge is 2.43. The fourth-order valence-corrected chi connectivity index (χ4v) is 5.57. The molecular formula is C30H32N2O3. The Bertz CT molecular complexity index is 1240. The number of methoxy groups -OCH3 is 2. The summed E-state index contributed by atoms with van der Waals surface area (Å²) in [6.45, 7) is 6.58. The van der Waals surface area contributed by atoms with Crippen LogP contribution in [-0.2, 0) is 4.74 Å². The van der Waals surface area contributed by atoms with Crippen LogP contribution in [0, 0.1) is 23.7 Å². The highest BCUT2D eigenvalue weighted by molar-refractivity contribution is 5.84. The summed E-state index contributed by atoms with van der Waals surface area (Å²) in [6.07, 6.45) is 6.23. The van der Waals surface area contributed by atoms with E-state index in [1.54, 1.807) is 14.2 Å². The van der Waals surface area contributed by atoms with Crippen LogP contribution >= 0.6 is 0 Å². The molecule has 0 aliphatic carbocycles. The summed E-state index contributed by atoms with van der Waals surface area (Å²) in [5.74, 6) is 9.31. The van der Waals surface area contributed by atoms with E-state index in [4.69, 9.17) is 14.2 Å². The third-order valence-electron chi connectivity index (χ3n) is 7.45. The second-order valence-corrected chi connectivity index (χ2v) is 9.29. The van der Waals surface area contributed by atoms with E-state index in [-0.39, 0.29) is 6.10 Å². The van der Waals surface area contributed by atoms with E-state index in [0.29, 0.717) is 24.5 Å². The second-order valence-electron chi connectivity index (χ2n) is 9.29. The van der Waals surface area contributed by atoms with Crippen molar-refractivity contribution in [3.63, 3.8) is 0 Å². The minimum Gasteiger partial charge on any atom is -0.497 e. The first-order chi connectivity index (χ1) is 17.2. The van der Waals surface area contributed by atoms with Gasteiger partial charge < -0.3 is 14.2 Å². The summed E-state index contributed by atoms with van der Waals surface area (Å²) in [7, 11) is 3.36. The van der Waals surface area contributed by atoms with Gasteiger partial charge in [-0.05, 0) is 85.3 Å². The zero-order valence-electron chi connectivity index (χ0n) is 20.4. The maximum Gasteiger partial charge on any atom is 0.119 e. The highest BCUT2D eigenvalue weighted by Crippen LogP contribution is 2.43. The summed E-state index contributed by atoms with van der Waals surface area (Å²) in [6, 6.07) is 16.2. The smallest absolute Gasteiger partial charge is 0.119 e. The van der Waals surface area contributed by atoms with Gasteiger partial charge in [0.15, 0.2) is 0 Å². The fourth-order valence-electron chi connectivity index (χ4n) is 5.57. The molecule has 180 valence electrons. The molecule has 6 rings (SSSR count). The van der Waals surface area contributed by atoms with Crippen molar-refractivity contribution in [2.45, 2.75) is 25.0 Å². The molecule has 3 fully saturated rings. The molecule has 3 aliphatic rings. The van der Waals surface area contributed by atoms with Crippen molar-refractivity contribution in [1.82, 2.24) is 9.88 Å². The van der Waals surface area contributed by atoms with E-state index in [9.17, 15) is 0 Å². The lowest BCUT2D eigenvalue weighted by Crippen LogP contribution is -2.55. The first-order valence-corrected chi connectivity index (χ1v) is 12.2. The van der Waals surface area contributed by atoms with Crippen LogP contribution < -0.4 is 9.47 Å². The molecule has 3 aliphatic heterocycles. The lowest BCUT2D eigenvalue weighted by molar-refractivity contribution is -0.0673. The highest BCUT2D eigenvalue weighted by atomic mass is 16.5. The summed E-state index contributed by atoms with van der Waals surface area (Å²) in [5.41, 5.74) is 3.04. The third-order valence-corrected chi connectivity index (χ3v) is 7.45. The van der Waals surface area contributed by atoms with Gasteiger partial charge in [-0.1, -0.05) is 17.9 Å². The van der Waals surface area contributed by atoms with Crippen LogP contribution in [0.25, 0.3) is 10.9 Å². The zero-order valence-corrected chi connectivity index (χ0v) is 20.4. The van der Waals surface area contributed by atoms with Crippen molar-refractivity contribution in [2.24, 2.45) is 11.8 Å². The van der Waals surface area contributed by atoms with Crippen LogP contribution in [-0.4, -0.2) is 49.8 Å². The molecule has 5 nitrogen and oxygen atoms in total. The molecule has 3 saturated heterocycles. The number of benzene rings is 2. The molecule has 0 radical (unpaired) electrons. The number of hydrogen-bond donors (Lipinski definition) is 0. The third kappa shape index (κ3) is 4.91. The monoisotopic (exact) mass is 468 g/mol. The normalized spacial score (nSPS) is 23.8. The molecule has 2 unspecified atom stereocenters. The molecule has 2 aromatic carbocycles. The lowest BCUT2D eigenvalue weighted by Gasteiger charge is -2.51. The van der Waals surface area contributed by atoms with Crippen LogP contribution in [0.4, 0.5) is 0 Å². The average molecular weight is 469 g/mol. The molecule has 2 bridgehead atoms. The van der Waals surface area contributed by atoms with E-state index >= 15 is 0 Å². The Morgan fingerprint density at radius 3 is 2.63 bits per heavy atom. The van der Waals surface area contributed by atoms with Gasteiger partial charge in [0.2, 0.25) is 0 Å². The van der Waals surface area contributed by atoms with E-state index in [1.165, 1.54) is 6.42 Å². The maximum atomic E-state index is 6.60. The molecule has 35 heavy (non-hydrogen) atoms. The van der Waals surface area contributed by atoms with Crippen LogP contribution in [0.5, 0.6) is 11.5 Å². The minimum absolute atomic E-state index is 0.105. The molecule has 0 N–H and O–H groups in total. The summed E-state index contributed by atoms with van der Waals surface area (Å²) < 4.78 is 17.4. The Morgan fingerprint density at radius 1 is 1.11 bits per heavy atom. The molecule has 1 aromatic heterocycles. The summed E-state index contributed by atoms with van der Waals surface area (Å²) in [4.78, 5) is 7.18. The minimum atomic E-state index is -0.105. The topological polar surface area (TPSA) is 43.8 Å². The van der Waals surface area contributed by atoms with Gasteiger partial charge in [-0.3, -0.25) is 9.88 Å². The van der Waals surface area contributed by atoms with Crippen molar-refractivity contribution < 1.29 is 14.2 Å². The van der Waals surface area contributed by atoms with Gasteiger partial charge >= 0.3 is 0 Å². The fraction of sp³-hybridized carbons (Fsp3) is 0.367. The quantitative estimate of drug-likeness (QED) is 0.350. The van der Waals surface area contributed by atoms with Gasteiger partial charge in [0.25, 0.3) is 0 Å². The summed E-state index contributed by atoms with van der Waals surface area (Å²) >= 11 is 0. The van der Waals surface area contributed by atoms with Gasteiger partial charge in [0.05, 0.1) is 25.8 Å². The SMILES string of the molecule is C=C[C@@H]1CN2CCC1C[C@@H]2[C@@H](OCC#Cc1ccc(OC)cc1)c1ccnc2ccc(OC)cc12. The van der Waals surface area contributed by atoms with Crippen molar-refractivity contribution in [1.29, 1.82) is 0 Å². The van der Waals surface area contributed by atoms with Crippen molar-refractivity contribution >= 4 is 10.9 Å². The zero-order chi connectivity index (χ0) is 24.2. The Kier molecular flexibility index (Phi) is 7.03. The Hall–Kier alpha value is -3.33. The first kappa shape index (κ1) is 23.4. The van der Waals surface area contributed by atoms with Crippen LogP contribution in [0.15, 0.2) is 67.4 Å². The largest absolute Gasteiger partial charge is 0.497 e. The van der Waals surface area contributed by atoms with Crippen LogP contribution in [0.3, 0.4) is 0 Å². The summed E-state index contributed by atoms with van der Waals surface area (Å²) in [5, 5.41) is 1.07. The van der Waals surface area contributed by atoms with Gasteiger partial charge in [-0.25, -0.2) is 0 Å². The molecule has 5 atom stereocenters. The number of piperidine rings is 3. The van der Waals surface area contributed by atoms with Gasteiger partial charge in [-0.15, -0.1) is 6.58 Å². The maximum absolute atomic E-state index is 6.60. The van der Waals surface area contributed by atoms with Gasteiger partial charge in [-0.2, -0.15) is 0 Å². The lowest BCUT2D eigenvalue weighted by atomic mass is 9.73. The Balaban J connectivity index is 1.44. The van der Waals surface area contributed by atoms with E-state index in [2.05, 4.69) is 46.5 Å². The molecule has 0 amide bonds. The standard InChI is InChI=1S/C30H32N2O3/c1-4-22-20-32-16-14-23(22)18-29(32)30(35-17-5-6-21-7-9-24(33-2)10-8-21)26-13-15-31-28-12-11-25(34-3)19-27(26)28/h4,7-13,15,19,22-23,29-30H,1,14,16-18,20H2,2-3H3/t22-,23?,29-,30+/m1/s1. The number of nitrogens with zero attached hydrogens (tertiary/aromatic N) is 2. The number of aromatic nitrogens is 1. The predicted molar refractivity (Wildman–Crippen MR) is 139 cm³/mol. The molecule has 3 aromatic rings. The van der Waals surface area contributed by atoms with E-state index in [0.717, 1.165) is 53.0 Å². The molecule has 0 saturated carbocycles. The first-order valence-electron chi connectivity index (χ1n) is 12.2. The van der Waals surface area contributed by atoms with Crippen LogP contribution in [0.2, 0.25) is 0 Å². The molecule has 0 spiro atoms. The van der Waals surface area contributed by atoms with E-state index in [1.807, 2.05) is 42.6 Å². The number of hydrogen-bond acceptors (Lipinski definition) is 5. The number of fused-ring (bicyclic) bond motifs is 4. The van der Waals surface area contributed by atoms with Crippen LogP contribution in [0.1, 0.15) is 30.1 Å². The Morgan fingerprint density at radius 2 is 1.91 bits per heavy atom. The number of ether oxygens (including phenoxy) is 3. The predicted octanol–water partition coefficient (Wildman–Crippen LogP) is 5.26. The molecule has 4 heterocycles. The van der Waals surface area contributed by atoms with Gasteiger partial charge in [0.1, 0.15) is 18.1 Å². The van der Waals surface area contributed by atoms with Crippen molar-refractivity contribution in [3.05, 3.63) is 78.5 Å². The van der Waals surface area contributed by atoms with E-state index < -0.39 is 0 Å². The second kappa shape index (κ2) is 10.5. The number of rotatable bonds is 7. The average Bonchev–Trinajstić information content (AvgIpc) is 2.93. The Labute approximate surface area is 207 Å². The van der Waals surface area contributed by atoms with Crippen molar-refractivity contribution in [3.8, 4) is 23.3 Å². The molecule has 5 heteroatoms. The number of pyridine rings is 1. The molecular weight excluding hydrogens is 436 g/mol. The van der Waals surface area contributed by atoms with Gasteiger partial charge in [0, 0.05) is 29.7 Å².